The van der Waals surface area contributed by atoms with Gasteiger partial charge in [0.2, 0.25) is 5.95 Å². The average molecular weight is 393 g/mol. The van der Waals surface area contributed by atoms with Crippen LogP contribution in [0.4, 0.5) is 11.8 Å². The molecule has 142 valence electrons. The predicted octanol–water partition coefficient (Wildman–Crippen LogP) is 4.94. The first-order valence-corrected chi connectivity index (χ1v) is 9.92. The van der Waals surface area contributed by atoms with Gasteiger partial charge in [-0.1, -0.05) is 17.7 Å². The van der Waals surface area contributed by atoms with Crippen molar-refractivity contribution in [3.63, 3.8) is 0 Å². The van der Waals surface area contributed by atoms with E-state index in [9.17, 15) is 0 Å². The molecule has 0 unspecified atom stereocenters. The lowest BCUT2D eigenvalue weighted by atomic mass is 10.1. The molecule has 0 saturated heterocycles. The number of amidine groups is 1. The number of aliphatic imine (C=N–C) groups is 1. The van der Waals surface area contributed by atoms with Gasteiger partial charge in [-0.05, 0) is 61.1 Å². The highest BCUT2D eigenvalue weighted by Crippen LogP contribution is 2.38. The van der Waals surface area contributed by atoms with Gasteiger partial charge in [0.25, 0.3) is 0 Å². The minimum atomic E-state index is -0.0350. The first-order chi connectivity index (χ1) is 13.7. The maximum Gasteiger partial charge on any atom is 0.225 e. The van der Waals surface area contributed by atoms with E-state index in [1.54, 1.807) is 6.20 Å². The van der Waals surface area contributed by atoms with Crippen molar-refractivity contribution >= 4 is 40.1 Å². The summed E-state index contributed by atoms with van der Waals surface area (Å²) in [7, 11) is 0. The largest absolute Gasteiger partial charge is 0.361 e. The quantitative estimate of drug-likeness (QED) is 0.574. The molecule has 0 spiro atoms. The van der Waals surface area contributed by atoms with E-state index in [4.69, 9.17) is 11.6 Å². The molecule has 28 heavy (non-hydrogen) atoms. The number of H-pyrrole nitrogens is 1. The van der Waals surface area contributed by atoms with Crippen LogP contribution in [0.2, 0.25) is 5.02 Å². The van der Waals surface area contributed by atoms with Gasteiger partial charge in [-0.3, -0.25) is 4.99 Å². The van der Waals surface area contributed by atoms with E-state index in [0.717, 1.165) is 45.6 Å². The van der Waals surface area contributed by atoms with E-state index in [1.165, 1.54) is 18.4 Å². The number of hydrogen-bond donors (Lipinski definition) is 3. The smallest absolute Gasteiger partial charge is 0.225 e. The highest BCUT2D eigenvalue weighted by atomic mass is 35.5. The first kappa shape index (κ1) is 17.3. The molecule has 3 N–H and O–H groups in total. The Kier molecular flexibility index (Phi) is 4.28. The molecule has 1 aromatic carbocycles. The maximum absolute atomic E-state index is 6.60. The van der Waals surface area contributed by atoms with Gasteiger partial charge < -0.3 is 15.6 Å². The van der Waals surface area contributed by atoms with E-state index in [2.05, 4.69) is 43.6 Å². The van der Waals surface area contributed by atoms with Gasteiger partial charge >= 0.3 is 0 Å². The molecule has 2 aromatic heterocycles. The third-order valence-electron chi connectivity index (χ3n) is 5.28. The normalized spacial score (nSPS) is 17.4. The number of nitrogens with zero attached hydrogens (tertiary/aromatic N) is 3. The molecule has 1 aliphatic heterocycles. The second kappa shape index (κ2) is 6.95. The van der Waals surface area contributed by atoms with Crippen molar-refractivity contribution in [1.82, 2.24) is 15.0 Å². The van der Waals surface area contributed by atoms with Crippen molar-refractivity contribution in [1.29, 1.82) is 0 Å². The summed E-state index contributed by atoms with van der Waals surface area (Å²) >= 11 is 6.60. The number of fused-ring (bicyclic) bond motifs is 1. The molecular formula is C21H21ClN6. The molecule has 1 fully saturated rings. The molecule has 0 amide bonds. The summed E-state index contributed by atoms with van der Waals surface area (Å²) < 4.78 is 0. The Morgan fingerprint density at radius 1 is 1.21 bits per heavy atom. The Morgan fingerprint density at radius 2 is 2.11 bits per heavy atom. The lowest BCUT2D eigenvalue weighted by Gasteiger charge is -2.16. The number of rotatable bonds is 5. The number of halogens is 1. The lowest BCUT2D eigenvalue weighted by molar-refractivity contribution is 0.863. The number of aromatic amines is 1. The highest BCUT2D eigenvalue weighted by molar-refractivity contribution is 6.36. The SMILES string of the molecule is C[C@H](Nc1nccc(NC2=NCC(C3CC3)=C2)n1)c1ccc2[nH]ccc2c1Cl. The van der Waals surface area contributed by atoms with E-state index >= 15 is 0 Å². The van der Waals surface area contributed by atoms with Crippen molar-refractivity contribution in [2.24, 2.45) is 10.9 Å². The van der Waals surface area contributed by atoms with Crippen molar-refractivity contribution in [3.05, 3.63) is 58.9 Å². The Balaban J connectivity index is 1.31. The summed E-state index contributed by atoms with van der Waals surface area (Å²) in [4.78, 5) is 16.7. The number of benzene rings is 1. The summed E-state index contributed by atoms with van der Waals surface area (Å²) in [5, 5.41) is 8.39. The Labute approximate surface area is 168 Å². The molecule has 3 heterocycles. The van der Waals surface area contributed by atoms with Crippen LogP contribution in [0.3, 0.4) is 0 Å². The van der Waals surface area contributed by atoms with Crippen molar-refractivity contribution in [2.45, 2.75) is 25.8 Å². The zero-order valence-corrected chi connectivity index (χ0v) is 16.3. The Bertz CT molecular complexity index is 1100. The molecule has 6 nitrogen and oxygen atoms in total. The molecule has 2 aliphatic rings. The summed E-state index contributed by atoms with van der Waals surface area (Å²) in [6, 6.07) is 7.86. The van der Waals surface area contributed by atoms with Gasteiger partial charge in [-0.2, -0.15) is 4.98 Å². The van der Waals surface area contributed by atoms with Crippen LogP contribution in [0.1, 0.15) is 31.4 Å². The number of nitrogens with one attached hydrogen (secondary N) is 3. The number of anilines is 2. The fraction of sp³-hybridized carbons (Fsp3) is 0.286. The summed E-state index contributed by atoms with van der Waals surface area (Å²) in [6.45, 7) is 2.86. The monoisotopic (exact) mass is 392 g/mol. The fourth-order valence-corrected chi connectivity index (χ4v) is 3.96. The Morgan fingerprint density at radius 3 is 2.96 bits per heavy atom. The molecule has 0 radical (unpaired) electrons. The van der Waals surface area contributed by atoms with E-state index in [-0.39, 0.29) is 6.04 Å². The van der Waals surface area contributed by atoms with Crippen molar-refractivity contribution in [2.75, 3.05) is 17.2 Å². The van der Waals surface area contributed by atoms with Crippen LogP contribution in [0, 0.1) is 5.92 Å². The van der Waals surface area contributed by atoms with Crippen LogP contribution in [0.25, 0.3) is 10.9 Å². The van der Waals surface area contributed by atoms with Gasteiger partial charge in [-0.15, -0.1) is 0 Å². The van der Waals surface area contributed by atoms with E-state index in [0.29, 0.717) is 5.95 Å². The van der Waals surface area contributed by atoms with Gasteiger partial charge in [0.05, 0.1) is 17.6 Å². The molecule has 1 saturated carbocycles. The topological polar surface area (TPSA) is 78.0 Å². The van der Waals surface area contributed by atoms with Crippen LogP contribution in [-0.2, 0) is 0 Å². The summed E-state index contributed by atoms with van der Waals surface area (Å²) in [5.41, 5.74) is 3.46. The lowest BCUT2D eigenvalue weighted by Crippen LogP contribution is -2.13. The van der Waals surface area contributed by atoms with Crippen LogP contribution >= 0.6 is 11.6 Å². The minimum Gasteiger partial charge on any atom is -0.361 e. The van der Waals surface area contributed by atoms with Crippen molar-refractivity contribution in [3.8, 4) is 0 Å². The standard InChI is InChI=1S/C21H21ClN6/c1-12(15-4-5-17-16(20(15)22)6-8-23-17)26-21-24-9-7-18(28-21)27-19-10-14(11-25-19)13-2-3-13/h4-10,12-13,23H,2-3,11H2,1H3,(H2,24,25,26,27,28)/t12-/m0/s1. The van der Waals surface area contributed by atoms with Gasteiger partial charge in [-0.25, -0.2) is 4.98 Å². The van der Waals surface area contributed by atoms with Gasteiger partial charge in [0, 0.05) is 23.3 Å². The minimum absolute atomic E-state index is 0.0350. The second-order valence-corrected chi connectivity index (χ2v) is 7.74. The fourth-order valence-electron chi connectivity index (χ4n) is 3.57. The molecule has 3 aromatic rings. The van der Waals surface area contributed by atoms with Crippen LogP contribution in [0.15, 0.2) is 53.3 Å². The third kappa shape index (κ3) is 3.36. The van der Waals surface area contributed by atoms with Gasteiger partial charge in [0.15, 0.2) is 0 Å². The molecule has 1 aliphatic carbocycles. The number of aromatic nitrogens is 3. The molecule has 0 bridgehead atoms. The molecule has 5 rings (SSSR count). The number of hydrogen-bond acceptors (Lipinski definition) is 5. The van der Waals surface area contributed by atoms with Crippen LogP contribution < -0.4 is 10.6 Å². The summed E-state index contributed by atoms with van der Waals surface area (Å²) in [6.07, 6.45) is 8.38. The second-order valence-electron chi connectivity index (χ2n) is 7.36. The highest BCUT2D eigenvalue weighted by Gasteiger charge is 2.27. The first-order valence-electron chi connectivity index (χ1n) is 9.54. The zero-order chi connectivity index (χ0) is 19.1. The Hall–Kier alpha value is -2.86. The van der Waals surface area contributed by atoms with E-state index in [1.807, 2.05) is 30.5 Å². The maximum atomic E-state index is 6.60. The van der Waals surface area contributed by atoms with Crippen molar-refractivity contribution < 1.29 is 0 Å². The summed E-state index contributed by atoms with van der Waals surface area (Å²) in [5.74, 6) is 2.89. The average Bonchev–Trinajstić information content (AvgIpc) is 3.23. The predicted molar refractivity (Wildman–Crippen MR) is 114 cm³/mol. The van der Waals surface area contributed by atoms with Gasteiger partial charge in [0.1, 0.15) is 11.7 Å². The van der Waals surface area contributed by atoms with E-state index < -0.39 is 0 Å². The zero-order valence-electron chi connectivity index (χ0n) is 15.5. The van der Waals surface area contributed by atoms with Crippen LogP contribution in [-0.4, -0.2) is 27.3 Å². The van der Waals surface area contributed by atoms with Crippen LogP contribution in [0.5, 0.6) is 0 Å². The third-order valence-corrected chi connectivity index (χ3v) is 5.70. The molecule has 7 heteroatoms. The molecular weight excluding hydrogens is 372 g/mol. The molecule has 1 atom stereocenters.